The predicted octanol–water partition coefficient (Wildman–Crippen LogP) is 3.19. The summed E-state index contributed by atoms with van der Waals surface area (Å²) in [4.78, 5) is 16.3. The maximum absolute atomic E-state index is 11.0. The van der Waals surface area contributed by atoms with Gasteiger partial charge in [-0.2, -0.15) is 0 Å². The maximum Gasteiger partial charge on any atom is 0.414 e. The summed E-state index contributed by atoms with van der Waals surface area (Å²) in [5.41, 5.74) is -0.483. The lowest BCUT2D eigenvalue weighted by Crippen LogP contribution is -2.45. The molecule has 1 aromatic rings. The molecule has 14 heavy (non-hydrogen) atoms. The van der Waals surface area contributed by atoms with Gasteiger partial charge in [-0.3, -0.25) is 0 Å². The Kier molecular flexibility index (Phi) is 3.16. The summed E-state index contributed by atoms with van der Waals surface area (Å²) in [6.45, 7) is 5.49. The average molecular weight is 279 g/mol. The van der Waals surface area contributed by atoms with Gasteiger partial charge in [-0.25, -0.2) is 14.7 Å². The number of rotatable bonds is 1. The number of anilines is 1. The van der Waals surface area contributed by atoms with Crippen molar-refractivity contribution in [3.63, 3.8) is 0 Å². The van der Waals surface area contributed by atoms with Crippen molar-refractivity contribution in [3.8, 4) is 0 Å². The number of amides is 1. The Labute approximate surface area is 94.7 Å². The van der Waals surface area contributed by atoms with E-state index in [4.69, 9.17) is 5.11 Å². The van der Waals surface area contributed by atoms with E-state index in [1.54, 1.807) is 6.20 Å². The van der Waals surface area contributed by atoms with Gasteiger partial charge < -0.3 is 5.11 Å². The fourth-order valence-electron chi connectivity index (χ4n) is 1.00. The molecular formula is C8H11BrN2O2S. The monoisotopic (exact) mass is 278 g/mol. The molecule has 4 nitrogen and oxygen atoms in total. The van der Waals surface area contributed by atoms with Crippen LogP contribution in [0.4, 0.5) is 9.93 Å². The first kappa shape index (κ1) is 11.5. The zero-order chi connectivity index (χ0) is 10.9. The Morgan fingerprint density at radius 3 is 2.50 bits per heavy atom. The third kappa shape index (κ3) is 2.45. The van der Waals surface area contributed by atoms with Crippen LogP contribution >= 0.6 is 27.3 Å². The van der Waals surface area contributed by atoms with E-state index < -0.39 is 11.6 Å². The van der Waals surface area contributed by atoms with Crippen LogP contribution in [0.5, 0.6) is 0 Å². The van der Waals surface area contributed by atoms with Gasteiger partial charge in [-0.1, -0.05) is 11.3 Å². The molecule has 6 heteroatoms. The zero-order valence-corrected chi connectivity index (χ0v) is 10.5. The maximum atomic E-state index is 11.0. The number of hydrogen-bond donors (Lipinski definition) is 1. The van der Waals surface area contributed by atoms with Crippen LogP contribution in [-0.2, 0) is 0 Å². The van der Waals surface area contributed by atoms with Crippen LogP contribution in [0.15, 0.2) is 9.98 Å². The molecule has 0 atom stereocenters. The lowest BCUT2D eigenvalue weighted by atomic mass is 10.1. The van der Waals surface area contributed by atoms with E-state index in [-0.39, 0.29) is 0 Å². The van der Waals surface area contributed by atoms with Crippen LogP contribution in [0, 0.1) is 0 Å². The second kappa shape index (κ2) is 3.86. The summed E-state index contributed by atoms with van der Waals surface area (Å²) < 4.78 is 0.822. The first-order chi connectivity index (χ1) is 6.32. The number of hydrogen-bond acceptors (Lipinski definition) is 3. The summed E-state index contributed by atoms with van der Waals surface area (Å²) in [6.07, 6.45) is 0.612. The predicted molar refractivity (Wildman–Crippen MR) is 60.1 cm³/mol. The van der Waals surface area contributed by atoms with Gasteiger partial charge in [-0.15, -0.1) is 0 Å². The highest BCUT2D eigenvalue weighted by Crippen LogP contribution is 2.31. The third-order valence-corrected chi connectivity index (χ3v) is 2.98. The topological polar surface area (TPSA) is 53.4 Å². The molecule has 0 aliphatic carbocycles. The van der Waals surface area contributed by atoms with E-state index in [2.05, 4.69) is 20.9 Å². The van der Waals surface area contributed by atoms with Gasteiger partial charge in [-0.05, 0) is 36.7 Å². The van der Waals surface area contributed by atoms with Crippen LogP contribution < -0.4 is 4.90 Å². The highest BCUT2D eigenvalue weighted by molar-refractivity contribution is 9.11. The lowest BCUT2D eigenvalue weighted by Gasteiger charge is -2.30. The lowest BCUT2D eigenvalue weighted by molar-refractivity contribution is 0.195. The first-order valence-corrected chi connectivity index (χ1v) is 5.58. The normalized spacial score (nSPS) is 11.4. The zero-order valence-electron chi connectivity index (χ0n) is 8.11. The Morgan fingerprint density at radius 2 is 2.21 bits per heavy atom. The highest BCUT2D eigenvalue weighted by Gasteiger charge is 2.29. The molecule has 1 rings (SSSR count). The number of carboxylic acid groups (broad SMARTS) is 1. The molecule has 0 aromatic carbocycles. The SMILES string of the molecule is CC(C)(C)N(C(=O)O)c1ncc(Br)s1. The van der Waals surface area contributed by atoms with Crippen LogP contribution in [0.3, 0.4) is 0 Å². The summed E-state index contributed by atoms with van der Waals surface area (Å²) >= 11 is 4.55. The fourth-order valence-corrected chi connectivity index (χ4v) is 2.37. The van der Waals surface area contributed by atoms with E-state index in [0.29, 0.717) is 5.13 Å². The average Bonchev–Trinajstić information content (AvgIpc) is 2.31. The van der Waals surface area contributed by atoms with E-state index in [9.17, 15) is 4.79 Å². The van der Waals surface area contributed by atoms with Crippen LogP contribution in [0.1, 0.15) is 20.8 Å². The summed E-state index contributed by atoms with van der Waals surface area (Å²) in [5.74, 6) is 0. The van der Waals surface area contributed by atoms with Crippen molar-refractivity contribution in [3.05, 3.63) is 9.98 Å². The second-order valence-electron chi connectivity index (χ2n) is 3.74. The Hall–Kier alpha value is -0.620. The molecule has 1 heterocycles. The van der Waals surface area contributed by atoms with Crippen LogP contribution in [0.25, 0.3) is 0 Å². The standard InChI is InChI=1S/C8H11BrN2O2S/c1-8(2,3)11(7(12)13)6-10-4-5(9)14-6/h4H,1-3H3,(H,12,13). The Balaban J connectivity index is 3.07. The van der Waals surface area contributed by atoms with Gasteiger partial charge in [0, 0.05) is 5.54 Å². The molecule has 0 bridgehead atoms. The van der Waals surface area contributed by atoms with Crippen molar-refractivity contribution < 1.29 is 9.90 Å². The first-order valence-electron chi connectivity index (χ1n) is 3.97. The van der Waals surface area contributed by atoms with E-state index in [1.807, 2.05) is 20.8 Å². The molecule has 78 valence electrons. The minimum absolute atomic E-state index is 0.483. The van der Waals surface area contributed by atoms with Crippen LogP contribution in [0.2, 0.25) is 0 Å². The van der Waals surface area contributed by atoms with Crippen molar-refractivity contribution in [1.82, 2.24) is 4.98 Å². The quantitative estimate of drug-likeness (QED) is 0.858. The number of carbonyl (C=O) groups is 1. The third-order valence-electron chi connectivity index (χ3n) is 1.52. The number of thiazole rings is 1. The molecule has 0 radical (unpaired) electrons. The van der Waals surface area contributed by atoms with E-state index in [1.165, 1.54) is 16.2 Å². The molecule has 0 fully saturated rings. The van der Waals surface area contributed by atoms with Crippen molar-refractivity contribution in [1.29, 1.82) is 0 Å². The second-order valence-corrected chi connectivity index (χ2v) is 6.12. The summed E-state index contributed by atoms with van der Waals surface area (Å²) in [7, 11) is 0. The van der Waals surface area contributed by atoms with Gasteiger partial charge in [0.1, 0.15) is 0 Å². The molecule has 0 unspecified atom stereocenters. The van der Waals surface area contributed by atoms with Gasteiger partial charge in [0.15, 0.2) is 5.13 Å². The number of halogens is 1. The molecule has 1 N–H and O–H groups in total. The van der Waals surface area contributed by atoms with Crippen molar-refractivity contribution in [2.75, 3.05) is 4.90 Å². The number of aromatic nitrogens is 1. The summed E-state index contributed by atoms with van der Waals surface area (Å²) in [5, 5.41) is 9.53. The molecule has 1 amide bonds. The van der Waals surface area contributed by atoms with Crippen molar-refractivity contribution in [2.24, 2.45) is 0 Å². The van der Waals surface area contributed by atoms with Gasteiger partial charge in [0.25, 0.3) is 0 Å². The minimum atomic E-state index is -0.987. The highest BCUT2D eigenvalue weighted by atomic mass is 79.9. The molecule has 0 aliphatic rings. The van der Waals surface area contributed by atoms with Gasteiger partial charge >= 0.3 is 6.09 Å². The van der Waals surface area contributed by atoms with Crippen molar-refractivity contribution >= 4 is 38.5 Å². The van der Waals surface area contributed by atoms with Crippen LogP contribution in [-0.4, -0.2) is 21.7 Å². The van der Waals surface area contributed by atoms with Gasteiger partial charge in [0.2, 0.25) is 0 Å². The molecule has 0 saturated carbocycles. The Morgan fingerprint density at radius 1 is 1.64 bits per heavy atom. The molecule has 0 aliphatic heterocycles. The molecule has 0 saturated heterocycles. The fraction of sp³-hybridized carbons (Fsp3) is 0.500. The largest absolute Gasteiger partial charge is 0.465 e. The molecule has 1 aromatic heterocycles. The number of nitrogens with zero attached hydrogens (tertiary/aromatic N) is 2. The molecule has 0 spiro atoms. The Bertz CT molecular complexity index is 345. The smallest absolute Gasteiger partial charge is 0.414 e. The van der Waals surface area contributed by atoms with E-state index in [0.717, 1.165) is 3.79 Å². The summed E-state index contributed by atoms with van der Waals surface area (Å²) in [6, 6.07) is 0. The van der Waals surface area contributed by atoms with Gasteiger partial charge in [0.05, 0.1) is 9.98 Å². The molecular weight excluding hydrogens is 268 g/mol. The van der Waals surface area contributed by atoms with E-state index >= 15 is 0 Å². The minimum Gasteiger partial charge on any atom is -0.465 e. The van der Waals surface area contributed by atoms with Crippen molar-refractivity contribution in [2.45, 2.75) is 26.3 Å².